The number of hydrogen-bond donors (Lipinski definition) is 0. The van der Waals surface area contributed by atoms with E-state index < -0.39 is 0 Å². The van der Waals surface area contributed by atoms with Gasteiger partial charge in [0, 0.05) is 22.1 Å². The number of rotatable bonds is 7. The molecular formula is C63H57N. The zero-order valence-electron chi connectivity index (χ0n) is 38.5. The van der Waals surface area contributed by atoms with Crippen molar-refractivity contribution in [2.75, 3.05) is 4.90 Å². The van der Waals surface area contributed by atoms with Crippen LogP contribution >= 0.6 is 0 Å². The summed E-state index contributed by atoms with van der Waals surface area (Å²) in [5.41, 5.74) is 20.9. The number of anilines is 3. The highest BCUT2D eigenvalue weighted by atomic mass is 15.2. The lowest BCUT2D eigenvalue weighted by Gasteiger charge is -2.32. The largest absolute Gasteiger partial charge is 0.309 e. The van der Waals surface area contributed by atoms with Crippen molar-refractivity contribution in [3.05, 3.63) is 222 Å². The van der Waals surface area contributed by atoms with Crippen molar-refractivity contribution < 1.29 is 0 Å². The van der Waals surface area contributed by atoms with E-state index >= 15 is 0 Å². The first-order chi connectivity index (χ1) is 30.8. The summed E-state index contributed by atoms with van der Waals surface area (Å²) >= 11 is 0. The average Bonchev–Trinajstić information content (AvgIpc) is 3.55. The lowest BCUT2D eigenvalue weighted by Crippen LogP contribution is -2.16. The fourth-order valence-corrected chi connectivity index (χ4v) is 10.1. The smallest absolute Gasteiger partial charge is 0.0543 e. The summed E-state index contributed by atoms with van der Waals surface area (Å²) in [6, 6.07) is 74.8. The number of para-hydroxylation sites is 1. The number of benzene rings is 9. The third-order valence-electron chi connectivity index (χ3n) is 13.6. The highest BCUT2D eigenvalue weighted by Crippen LogP contribution is 2.56. The molecule has 0 amide bonds. The van der Waals surface area contributed by atoms with Crippen LogP contribution in [0.1, 0.15) is 77.6 Å². The Kier molecular flexibility index (Phi) is 10.1. The second kappa shape index (κ2) is 15.7. The summed E-state index contributed by atoms with van der Waals surface area (Å²) in [6.07, 6.45) is 0. The molecule has 1 heteroatoms. The normalized spacial score (nSPS) is 13.1. The van der Waals surface area contributed by atoms with Crippen LogP contribution < -0.4 is 4.90 Å². The SMILES string of the molecule is CC(C)(C)c1cc(-c2cccc3cccc(-c4ccccc4N(c4ccc(-c5ccccc5)cc4-c4ccccc4)c4cccc5c4-c4ccccc4C5(C)C)c23)cc(C(C)(C)C)c1. The first-order valence-corrected chi connectivity index (χ1v) is 22.8. The van der Waals surface area contributed by atoms with Crippen LogP contribution in [-0.2, 0) is 16.2 Å². The van der Waals surface area contributed by atoms with Gasteiger partial charge in [0.25, 0.3) is 0 Å². The molecule has 1 aliphatic carbocycles. The Labute approximate surface area is 380 Å². The minimum Gasteiger partial charge on any atom is -0.309 e. The Morgan fingerprint density at radius 3 is 1.53 bits per heavy atom. The highest BCUT2D eigenvalue weighted by molar-refractivity contribution is 6.10. The molecular weight excluding hydrogens is 771 g/mol. The first kappa shape index (κ1) is 41.1. The van der Waals surface area contributed by atoms with Crippen molar-refractivity contribution in [1.82, 2.24) is 0 Å². The van der Waals surface area contributed by atoms with Gasteiger partial charge in [0.05, 0.1) is 17.1 Å². The molecule has 0 fully saturated rings. The molecule has 0 unspecified atom stereocenters. The van der Waals surface area contributed by atoms with E-state index in [-0.39, 0.29) is 16.2 Å². The third kappa shape index (κ3) is 7.14. The second-order valence-electron chi connectivity index (χ2n) is 20.2. The minimum absolute atomic E-state index is 0.00777. The van der Waals surface area contributed by atoms with E-state index in [2.05, 4.69) is 260 Å². The summed E-state index contributed by atoms with van der Waals surface area (Å²) in [5, 5.41) is 2.49. The molecule has 10 rings (SSSR count). The van der Waals surface area contributed by atoms with E-state index in [1.807, 2.05) is 0 Å². The van der Waals surface area contributed by atoms with Gasteiger partial charge in [0.2, 0.25) is 0 Å². The molecule has 0 bridgehead atoms. The Morgan fingerprint density at radius 1 is 0.344 bits per heavy atom. The van der Waals surface area contributed by atoms with Gasteiger partial charge in [-0.15, -0.1) is 0 Å². The maximum Gasteiger partial charge on any atom is 0.0543 e. The summed E-state index contributed by atoms with van der Waals surface area (Å²) in [4.78, 5) is 2.57. The molecule has 0 saturated heterocycles. The van der Waals surface area contributed by atoms with Crippen LogP contribution in [0.25, 0.3) is 66.4 Å². The standard InChI is InChI=1S/C63H57N/c1-61(2,3)47-38-46(39-48(41-47)62(4,5)6)49-30-19-26-44-27-20-31-51(59(44)49)50-28-16-18-34-56(50)64(58-35-21-33-55-60(58)52-29-15-17-32-54(52)63(55,7)8)57-37-36-45(42-22-11-9-12-23-42)40-53(57)43-24-13-10-14-25-43/h9-41H,1-8H3. The molecule has 314 valence electrons. The summed E-state index contributed by atoms with van der Waals surface area (Å²) in [7, 11) is 0. The minimum atomic E-state index is -0.162. The summed E-state index contributed by atoms with van der Waals surface area (Å²) < 4.78 is 0. The van der Waals surface area contributed by atoms with Gasteiger partial charge in [0.1, 0.15) is 0 Å². The molecule has 0 N–H and O–H groups in total. The van der Waals surface area contributed by atoms with Crippen LogP contribution in [0.5, 0.6) is 0 Å². The van der Waals surface area contributed by atoms with Crippen molar-refractivity contribution in [2.24, 2.45) is 0 Å². The van der Waals surface area contributed by atoms with E-state index in [9.17, 15) is 0 Å². The monoisotopic (exact) mass is 827 g/mol. The van der Waals surface area contributed by atoms with Gasteiger partial charge in [-0.1, -0.05) is 231 Å². The van der Waals surface area contributed by atoms with Crippen LogP contribution in [-0.4, -0.2) is 0 Å². The van der Waals surface area contributed by atoms with Crippen LogP contribution in [0.2, 0.25) is 0 Å². The van der Waals surface area contributed by atoms with Gasteiger partial charge in [-0.25, -0.2) is 0 Å². The molecule has 0 spiro atoms. The second-order valence-corrected chi connectivity index (χ2v) is 20.2. The molecule has 1 nitrogen and oxygen atoms in total. The lowest BCUT2D eigenvalue weighted by atomic mass is 9.78. The van der Waals surface area contributed by atoms with E-state index in [1.54, 1.807) is 0 Å². The van der Waals surface area contributed by atoms with Crippen LogP contribution in [0.15, 0.2) is 200 Å². The molecule has 0 heterocycles. The molecule has 0 aliphatic heterocycles. The van der Waals surface area contributed by atoms with E-state index in [0.717, 1.165) is 11.4 Å². The topological polar surface area (TPSA) is 3.24 Å². The molecule has 64 heavy (non-hydrogen) atoms. The fraction of sp³-hybridized carbons (Fsp3) is 0.175. The van der Waals surface area contributed by atoms with Crippen molar-refractivity contribution in [1.29, 1.82) is 0 Å². The van der Waals surface area contributed by atoms with Crippen LogP contribution in [0.4, 0.5) is 17.1 Å². The van der Waals surface area contributed by atoms with Crippen molar-refractivity contribution in [3.63, 3.8) is 0 Å². The quantitative estimate of drug-likeness (QED) is 0.155. The van der Waals surface area contributed by atoms with Gasteiger partial charge < -0.3 is 4.90 Å². The van der Waals surface area contributed by atoms with E-state index in [0.29, 0.717) is 0 Å². The highest BCUT2D eigenvalue weighted by Gasteiger charge is 2.38. The molecule has 0 atom stereocenters. The third-order valence-corrected chi connectivity index (χ3v) is 13.6. The Hall–Kier alpha value is -6.96. The van der Waals surface area contributed by atoms with Crippen molar-refractivity contribution >= 4 is 27.8 Å². The van der Waals surface area contributed by atoms with Crippen molar-refractivity contribution in [2.45, 2.75) is 71.6 Å². The molecule has 1 aliphatic rings. The fourth-order valence-electron chi connectivity index (χ4n) is 10.1. The average molecular weight is 828 g/mol. The van der Waals surface area contributed by atoms with Gasteiger partial charge >= 0.3 is 0 Å². The number of hydrogen-bond acceptors (Lipinski definition) is 1. The molecule has 9 aromatic rings. The Morgan fingerprint density at radius 2 is 0.859 bits per heavy atom. The van der Waals surface area contributed by atoms with E-state index in [4.69, 9.17) is 0 Å². The zero-order chi connectivity index (χ0) is 44.4. The zero-order valence-corrected chi connectivity index (χ0v) is 38.5. The van der Waals surface area contributed by atoms with Gasteiger partial charge in [-0.2, -0.15) is 0 Å². The van der Waals surface area contributed by atoms with Gasteiger partial charge in [-0.05, 0) is 107 Å². The maximum atomic E-state index is 2.57. The molecule has 0 saturated carbocycles. The summed E-state index contributed by atoms with van der Waals surface area (Å²) in [6.45, 7) is 18.7. The van der Waals surface area contributed by atoms with Crippen molar-refractivity contribution in [3.8, 4) is 55.6 Å². The van der Waals surface area contributed by atoms with Crippen LogP contribution in [0, 0.1) is 0 Å². The molecule has 0 radical (unpaired) electrons. The Balaban J connectivity index is 1.29. The van der Waals surface area contributed by atoms with E-state index in [1.165, 1.54) is 94.3 Å². The maximum absolute atomic E-state index is 2.57. The van der Waals surface area contributed by atoms with Gasteiger partial charge in [-0.3, -0.25) is 0 Å². The van der Waals surface area contributed by atoms with Gasteiger partial charge in [0.15, 0.2) is 0 Å². The first-order valence-electron chi connectivity index (χ1n) is 22.8. The number of nitrogens with zero attached hydrogens (tertiary/aromatic N) is 1. The van der Waals surface area contributed by atoms with Crippen LogP contribution in [0.3, 0.4) is 0 Å². The number of fused-ring (bicyclic) bond motifs is 4. The Bertz CT molecular complexity index is 3150. The lowest BCUT2D eigenvalue weighted by molar-refractivity contribution is 0.569. The predicted octanol–water partition coefficient (Wildman–Crippen LogP) is 17.9. The summed E-state index contributed by atoms with van der Waals surface area (Å²) in [5.74, 6) is 0. The predicted molar refractivity (Wildman–Crippen MR) is 275 cm³/mol. The molecule has 9 aromatic carbocycles. The molecule has 0 aromatic heterocycles.